The van der Waals surface area contributed by atoms with Gasteiger partial charge in [0.2, 0.25) is 0 Å². The molecular formula is C24H32O5. The summed E-state index contributed by atoms with van der Waals surface area (Å²) in [4.78, 5) is 26.2. The minimum Gasteiger partial charge on any atom is -0.457 e. The van der Waals surface area contributed by atoms with Crippen molar-refractivity contribution in [2.24, 2.45) is 17.3 Å². The quantitative estimate of drug-likeness (QED) is 0.729. The maximum atomic E-state index is 13.5. The van der Waals surface area contributed by atoms with Crippen LogP contribution < -0.4 is 0 Å². The van der Waals surface area contributed by atoms with Gasteiger partial charge in [-0.2, -0.15) is 0 Å². The first-order valence-electron chi connectivity index (χ1n) is 10.3. The van der Waals surface area contributed by atoms with Crippen molar-refractivity contribution in [1.82, 2.24) is 0 Å². The summed E-state index contributed by atoms with van der Waals surface area (Å²) in [7, 11) is 1.45. The molecule has 0 heterocycles. The molecule has 4 unspecified atom stereocenters. The molecular weight excluding hydrogens is 368 g/mol. The predicted octanol–water partition coefficient (Wildman–Crippen LogP) is 3.69. The van der Waals surface area contributed by atoms with Crippen molar-refractivity contribution in [3.63, 3.8) is 0 Å². The van der Waals surface area contributed by atoms with Gasteiger partial charge in [-0.15, -0.1) is 0 Å². The zero-order chi connectivity index (χ0) is 21.6. The third-order valence-corrected chi connectivity index (χ3v) is 6.10. The van der Waals surface area contributed by atoms with Gasteiger partial charge in [0, 0.05) is 12.7 Å². The molecule has 0 aliphatic heterocycles. The first-order valence-corrected chi connectivity index (χ1v) is 10.3. The van der Waals surface area contributed by atoms with Crippen LogP contribution in [0.15, 0.2) is 47.1 Å². The molecule has 0 aromatic rings. The summed E-state index contributed by atoms with van der Waals surface area (Å²) in [5, 5.41) is 11.2. The number of esters is 1. The Kier molecular flexibility index (Phi) is 5.76. The van der Waals surface area contributed by atoms with E-state index in [-0.39, 0.29) is 17.7 Å². The molecule has 5 heteroatoms. The SMILES string of the molecule is COC1(C2C=CC(C(C)C)=CC2OC(=O)C(C)(C)C)C(=O)C2=C(C=CCC2)C1O. The summed E-state index contributed by atoms with van der Waals surface area (Å²) in [6, 6.07) is 0. The van der Waals surface area contributed by atoms with Crippen molar-refractivity contribution in [3.8, 4) is 0 Å². The lowest BCUT2D eigenvalue weighted by Crippen LogP contribution is -2.57. The second-order valence-electron chi connectivity index (χ2n) is 9.43. The van der Waals surface area contributed by atoms with Gasteiger partial charge in [0.1, 0.15) is 12.2 Å². The lowest BCUT2D eigenvalue weighted by atomic mass is 9.74. The number of aliphatic hydroxyl groups excluding tert-OH is 1. The van der Waals surface area contributed by atoms with Crippen LogP contribution in [0.3, 0.4) is 0 Å². The van der Waals surface area contributed by atoms with Crippen molar-refractivity contribution in [2.75, 3.05) is 7.11 Å². The number of aliphatic hydroxyl groups is 1. The summed E-state index contributed by atoms with van der Waals surface area (Å²) in [6.45, 7) is 9.51. The van der Waals surface area contributed by atoms with Crippen LogP contribution in [-0.2, 0) is 19.1 Å². The fourth-order valence-corrected chi connectivity index (χ4v) is 4.30. The van der Waals surface area contributed by atoms with E-state index in [9.17, 15) is 14.7 Å². The van der Waals surface area contributed by atoms with Gasteiger partial charge >= 0.3 is 5.97 Å². The van der Waals surface area contributed by atoms with Crippen LogP contribution in [0.4, 0.5) is 0 Å². The molecule has 0 saturated carbocycles. The van der Waals surface area contributed by atoms with E-state index in [0.29, 0.717) is 17.6 Å². The van der Waals surface area contributed by atoms with Gasteiger partial charge < -0.3 is 14.6 Å². The first-order chi connectivity index (χ1) is 13.5. The lowest BCUT2D eigenvalue weighted by molar-refractivity contribution is -0.174. The molecule has 3 aliphatic carbocycles. The molecule has 0 saturated heterocycles. The number of allylic oxidation sites excluding steroid dienone is 3. The van der Waals surface area contributed by atoms with Crippen molar-refractivity contribution >= 4 is 11.8 Å². The summed E-state index contributed by atoms with van der Waals surface area (Å²) in [5.74, 6) is -0.950. The van der Waals surface area contributed by atoms with Crippen molar-refractivity contribution in [3.05, 3.63) is 47.1 Å². The zero-order valence-corrected chi connectivity index (χ0v) is 18.2. The van der Waals surface area contributed by atoms with Gasteiger partial charge in [-0.25, -0.2) is 0 Å². The molecule has 3 aliphatic rings. The molecule has 0 radical (unpaired) electrons. The molecule has 3 rings (SSSR count). The number of ketones is 1. The standard InChI is InChI=1S/C24H32O5/c1-14(2)15-11-12-18(19(13-15)29-22(27)23(3,4)5)24(28-6)20(25)16-9-7-8-10-17(16)21(24)26/h7,9,11-14,18-20,25H,8,10H2,1-6H3. The average molecular weight is 401 g/mol. The Morgan fingerprint density at radius 1 is 1.28 bits per heavy atom. The molecule has 1 N–H and O–H groups in total. The summed E-state index contributed by atoms with van der Waals surface area (Å²) in [5.41, 5.74) is 0.0798. The van der Waals surface area contributed by atoms with E-state index in [0.717, 1.165) is 12.0 Å². The summed E-state index contributed by atoms with van der Waals surface area (Å²) in [6.07, 6.45) is 9.03. The molecule has 0 bridgehead atoms. The van der Waals surface area contributed by atoms with E-state index in [1.54, 1.807) is 20.8 Å². The van der Waals surface area contributed by atoms with Crippen LogP contribution in [0.2, 0.25) is 0 Å². The lowest BCUT2D eigenvalue weighted by Gasteiger charge is -2.41. The van der Waals surface area contributed by atoms with Crippen molar-refractivity contribution in [1.29, 1.82) is 0 Å². The Morgan fingerprint density at radius 3 is 2.52 bits per heavy atom. The minimum absolute atomic E-state index is 0.209. The van der Waals surface area contributed by atoms with Gasteiger partial charge in [0.05, 0.1) is 11.3 Å². The monoisotopic (exact) mass is 400 g/mol. The number of ether oxygens (including phenoxy) is 2. The van der Waals surface area contributed by atoms with Crippen LogP contribution in [0, 0.1) is 17.3 Å². The van der Waals surface area contributed by atoms with Crippen LogP contribution in [0.25, 0.3) is 0 Å². The van der Waals surface area contributed by atoms with E-state index in [2.05, 4.69) is 13.8 Å². The molecule has 4 atom stereocenters. The third-order valence-electron chi connectivity index (χ3n) is 6.10. The van der Waals surface area contributed by atoms with Crippen molar-refractivity contribution in [2.45, 2.75) is 65.3 Å². The van der Waals surface area contributed by atoms with Gasteiger partial charge in [-0.1, -0.05) is 38.2 Å². The van der Waals surface area contributed by atoms with Gasteiger partial charge in [-0.05, 0) is 56.8 Å². The second kappa shape index (κ2) is 7.69. The zero-order valence-electron chi connectivity index (χ0n) is 18.2. The Hall–Kier alpha value is -1.98. The number of carbonyl (C=O) groups is 2. The Morgan fingerprint density at radius 2 is 1.97 bits per heavy atom. The topological polar surface area (TPSA) is 72.8 Å². The highest BCUT2D eigenvalue weighted by Crippen LogP contribution is 2.47. The summed E-state index contributed by atoms with van der Waals surface area (Å²) >= 11 is 0. The Balaban J connectivity index is 2.04. The molecule has 29 heavy (non-hydrogen) atoms. The largest absolute Gasteiger partial charge is 0.457 e. The van der Waals surface area contributed by atoms with Gasteiger partial charge in [0.15, 0.2) is 11.4 Å². The second-order valence-corrected chi connectivity index (χ2v) is 9.43. The van der Waals surface area contributed by atoms with E-state index in [4.69, 9.17) is 9.47 Å². The summed E-state index contributed by atoms with van der Waals surface area (Å²) < 4.78 is 11.7. The molecule has 0 spiro atoms. The number of hydrogen-bond donors (Lipinski definition) is 1. The smallest absolute Gasteiger partial charge is 0.311 e. The highest BCUT2D eigenvalue weighted by atomic mass is 16.6. The number of rotatable bonds is 4. The predicted molar refractivity (Wildman–Crippen MR) is 111 cm³/mol. The minimum atomic E-state index is -1.50. The molecule has 0 amide bonds. The van der Waals surface area contributed by atoms with E-state index in [1.165, 1.54) is 7.11 Å². The molecule has 0 fully saturated rings. The highest BCUT2D eigenvalue weighted by molar-refractivity contribution is 6.08. The van der Waals surface area contributed by atoms with Gasteiger partial charge in [0.25, 0.3) is 0 Å². The fourth-order valence-electron chi connectivity index (χ4n) is 4.30. The third kappa shape index (κ3) is 3.55. The average Bonchev–Trinajstić information content (AvgIpc) is 2.89. The number of methoxy groups -OCH3 is 1. The van der Waals surface area contributed by atoms with Gasteiger partial charge in [-0.3, -0.25) is 9.59 Å². The van der Waals surface area contributed by atoms with Crippen LogP contribution in [-0.4, -0.2) is 41.8 Å². The number of Topliss-reactive ketones (excluding diaryl/α,β-unsaturated/α-hetero) is 1. The first kappa shape index (κ1) is 21.7. The van der Waals surface area contributed by atoms with E-state index >= 15 is 0 Å². The Labute approximate surface area is 173 Å². The molecule has 0 aromatic carbocycles. The normalized spacial score (nSPS) is 31.9. The molecule has 0 aromatic heterocycles. The number of hydrogen-bond acceptors (Lipinski definition) is 5. The maximum absolute atomic E-state index is 13.5. The van der Waals surface area contributed by atoms with Crippen molar-refractivity contribution < 1.29 is 24.2 Å². The fraction of sp³-hybridized carbons (Fsp3) is 0.583. The number of carbonyl (C=O) groups excluding carboxylic acids is 2. The van der Waals surface area contributed by atoms with Crippen LogP contribution in [0.1, 0.15) is 47.5 Å². The highest BCUT2D eigenvalue weighted by Gasteiger charge is 2.60. The van der Waals surface area contributed by atoms with E-state index < -0.39 is 29.1 Å². The molecule has 5 nitrogen and oxygen atoms in total. The van der Waals surface area contributed by atoms with E-state index in [1.807, 2.05) is 30.4 Å². The maximum Gasteiger partial charge on any atom is 0.311 e. The van der Waals surface area contributed by atoms with Crippen LogP contribution >= 0.6 is 0 Å². The van der Waals surface area contributed by atoms with Crippen LogP contribution in [0.5, 0.6) is 0 Å². The Bertz CT molecular complexity index is 821. The molecule has 158 valence electrons.